The quantitative estimate of drug-likeness (QED) is 0.639. The van der Waals surface area contributed by atoms with Crippen molar-refractivity contribution >= 4 is 17.7 Å². The molecule has 1 aliphatic heterocycles. The first kappa shape index (κ1) is 12.2. The molecule has 0 spiro atoms. The van der Waals surface area contributed by atoms with E-state index in [1.807, 2.05) is 0 Å². The Morgan fingerprint density at radius 1 is 1.28 bits per heavy atom. The van der Waals surface area contributed by atoms with E-state index >= 15 is 0 Å². The maximum atomic E-state index is 12.7. The van der Waals surface area contributed by atoms with Crippen LogP contribution in [0.15, 0.2) is 24.3 Å². The Morgan fingerprint density at radius 2 is 1.94 bits per heavy atom. The zero-order chi connectivity index (χ0) is 13.1. The average Bonchev–Trinajstić information content (AvgIpc) is 2.67. The van der Waals surface area contributed by atoms with Gasteiger partial charge in [0.05, 0.1) is 6.54 Å². The lowest BCUT2D eigenvalue weighted by Gasteiger charge is -2.11. The van der Waals surface area contributed by atoms with Crippen molar-refractivity contribution in [3.63, 3.8) is 0 Å². The highest BCUT2D eigenvalue weighted by Crippen LogP contribution is 2.08. The smallest absolute Gasteiger partial charge is 0.324 e. The van der Waals surface area contributed by atoms with Crippen molar-refractivity contribution in [3.05, 3.63) is 35.6 Å². The van der Waals surface area contributed by atoms with Gasteiger partial charge in [-0.05, 0) is 24.3 Å². The van der Waals surface area contributed by atoms with Crippen molar-refractivity contribution in [2.75, 3.05) is 13.1 Å². The van der Waals surface area contributed by atoms with E-state index in [-0.39, 0.29) is 31.2 Å². The predicted octanol–water partition coefficient (Wildman–Crippen LogP) is 0.950. The zero-order valence-electron chi connectivity index (χ0n) is 9.48. The van der Waals surface area contributed by atoms with Crippen LogP contribution in [0.25, 0.3) is 0 Å². The van der Waals surface area contributed by atoms with E-state index < -0.39 is 11.8 Å². The van der Waals surface area contributed by atoms with Gasteiger partial charge in [-0.3, -0.25) is 14.5 Å². The highest BCUT2D eigenvalue weighted by atomic mass is 19.1. The van der Waals surface area contributed by atoms with Crippen molar-refractivity contribution in [2.45, 2.75) is 6.42 Å². The van der Waals surface area contributed by atoms with Crippen LogP contribution in [0.3, 0.4) is 0 Å². The number of hydrogen-bond donors (Lipinski definition) is 1. The molecule has 1 aromatic carbocycles. The molecule has 2 rings (SSSR count). The summed E-state index contributed by atoms with van der Waals surface area (Å²) in [7, 11) is 0. The van der Waals surface area contributed by atoms with E-state index in [9.17, 15) is 18.8 Å². The number of carbonyl (C=O) groups is 3. The van der Waals surface area contributed by atoms with Gasteiger partial charge in [-0.25, -0.2) is 9.18 Å². The number of benzene rings is 1. The lowest BCUT2D eigenvalue weighted by Crippen LogP contribution is -2.32. The van der Waals surface area contributed by atoms with Crippen LogP contribution >= 0.6 is 0 Å². The predicted molar refractivity (Wildman–Crippen MR) is 60.5 cm³/mol. The summed E-state index contributed by atoms with van der Waals surface area (Å²) in [5.74, 6) is -0.991. The SMILES string of the molecule is O=C(CCN1C(=O)CNC1=O)c1ccc(F)cc1. The minimum atomic E-state index is -0.480. The molecule has 0 atom stereocenters. The van der Waals surface area contributed by atoms with Gasteiger partial charge in [-0.15, -0.1) is 0 Å². The van der Waals surface area contributed by atoms with Gasteiger partial charge in [0, 0.05) is 18.5 Å². The fourth-order valence-corrected chi connectivity index (χ4v) is 1.68. The molecule has 0 aliphatic carbocycles. The summed E-state index contributed by atoms with van der Waals surface area (Å²) in [5, 5.41) is 2.37. The summed E-state index contributed by atoms with van der Waals surface area (Å²) in [4.78, 5) is 35.2. The van der Waals surface area contributed by atoms with Crippen molar-refractivity contribution in [1.29, 1.82) is 0 Å². The van der Waals surface area contributed by atoms with Crippen LogP contribution in [-0.4, -0.2) is 35.7 Å². The van der Waals surface area contributed by atoms with E-state index in [1.165, 1.54) is 24.3 Å². The third-order valence-corrected chi connectivity index (χ3v) is 2.67. The number of imide groups is 1. The Bertz CT molecular complexity index is 483. The molecular weight excluding hydrogens is 239 g/mol. The second kappa shape index (κ2) is 4.95. The largest absolute Gasteiger partial charge is 0.329 e. The number of rotatable bonds is 4. The van der Waals surface area contributed by atoms with Gasteiger partial charge in [0.2, 0.25) is 5.91 Å². The number of nitrogens with one attached hydrogen (secondary N) is 1. The van der Waals surface area contributed by atoms with Gasteiger partial charge in [-0.2, -0.15) is 0 Å². The summed E-state index contributed by atoms with van der Waals surface area (Å²) in [5.41, 5.74) is 0.364. The molecule has 1 aliphatic rings. The molecule has 18 heavy (non-hydrogen) atoms. The highest BCUT2D eigenvalue weighted by molar-refractivity contribution is 6.03. The fraction of sp³-hybridized carbons (Fsp3) is 0.250. The molecule has 5 nitrogen and oxygen atoms in total. The first-order valence-corrected chi connectivity index (χ1v) is 5.45. The number of nitrogens with zero attached hydrogens (tertiary/aromatic N) is 1. The molecule has 94 valence electrons. The van der Waals surface area contributed by atoms with Crippen LogP contribution in [0.1, 0.15) is 16.8 Å². The van der Waals surface area contributed by atoms with Crippen molar-refractivity contribution in [2.24, 2.45) is 0 Å². The Balaban J connectivity index is 1.94. The standard InChI is InChI=1S/C12H11FN2O3/c13-9-3-1-8(2-4-9)10(16)5-6-15-11(17)7-14-12(15)18/h1-4H,5-7H2,(H,14,18). The average molecular weight is 250 g/mol. The van der Waals surface area contributed by atoms with Crippen LogP contribution in [-0.2, 0) is 4.79 Å². The second-order valence-electron chi connectivity index (χ2n) is 3.88. The lowest BCUT2D eigenvalue weighted by atomic mass is 10.1. The van der Waals surface area contributed by atoms with E-state index in [4.69, 9.17) is 0 Å². The lowest BCUT2D eigenvalue weighted by molar-refractivity contribution is -0.124. The van der Waals surface area contributed by atoms with Gasteiger partial charge in [0.1, 0.15) is 5.82 Å². The molecule has 1 N–H and O–H groups in total. The first-order valence-electron chi connectivity index (χ1n) is 5.45. The summed E-state index contributed by atoms with van der Waals surface area (Å²) in [6.45, 7) is 0.0183. The third kappa shape index (κ3) is 2.53. The number of ketones is 1. The van der Waals surface area contributed by atoms with Crippen LogP contribution < -0.4 is 5.32 Å². The van der Waals surface area contributed by atoms with Gasteiger partial charge < -0.3 is 5.32 Å². The first-order chi connectivity index (χ1) is 8.58. The molecule has 0 saturated carbocycles. The van der Waals surface area contributed by atoms with Gasteiger partial charge in [0.25, 0.3) is 0 Å². The van der Waals surface area contributed by atoms with E-state index in [2.05, 4.69) is 5.32 Å². The molecule has 1 heterocycles. The van der Waals surface area contributed by atoms with Crippen LogP contribution in [0.5, 0.6) is 0 Å². The Morgan fingerprint density at radius 3 is 2.50 bits per heavy atom. The van der Waals surface area contributed by atoms with Gasteiger partial charge >= 0.3 is 6.03 Å². The van der Waals surface area contributed by atoms with Gasteiger partial charge in [-0.1, -0.05) is 0 Å². The molecule has 0 unspecified atom stereocenters. The molecular formula is C12H11FN2O3. The number of amides is 3. The highest BCUT2D eigenvalue weighted by Gasteiger charge is 2.28. The molecule has 0 radical (unpaired) electrons. The normalized spacial score (nSPS) is 14.8. The molecule has 0 bridgehead atoms. The number of urea groups is 1. The molecule has 3 amide bonds. The third-order valence-electron chi connectivity index (χ3n) is 2.67. The maximum Gasteiger partial charge on any atom is 0.324 e. The van der Waals surface area contributed by atoms with Crippen molar-refractivity contribution in [1.82, 2.24) is 10.2 Å². The van der Waals surface area contributed by atoms with E-state index in [0.717, 1.165) is 4.90 Å². The summed E-state index contributed by atoms with van der Waals surface area (Å²) >= 11 is 0. The molecule has 0 aromatic heterocycles. The number of Topliss-reactive ketones (excluding diaryl/α,β-unsaturated/α-hetero) is 1. The maximum absolute atomic E-state index is 12.7. The number of hydrogen-bond acceptors (Lipinski definition) is 3. The van der Waals surface area contributed by atoms with Crippen molar-refractivity contribution in [3.8, 4) is 0 Å². The molecule has 6 heteroatoms. The van der Waals surface area contributed by atoms with Crippen LogP contribution in [0.2, 0.25) is 0 Å². The van der Waals surface area contributed by atoms with E-state index in [0.29, 0.717) is 5.56 Å². The fourth-order valence-electron chi connectivity index (χ4n) is 1.68. The topological polar surface area (TPSA) is 66.5 Å². The van der Waals surface area contributed by atoms with Gasteiger partial charge in [0.15, 0.2) is 5.78 Å². The van der Waals surface area contributed by atoms with Crippen molar-refractivity contribution < 1.29 is 18.8 Å². The zero-order valence-corrected chi connectivity index (χ0v) is 9.48. The second-order valence-corrected chi connectivity index (χ2v) is 3.88. The molecule has 1 fully saturated rings. The number of carbonyl (C=O) groups excluding carboxylic acids is 3. The summed E-state index contributed by atoms with van der Waals surface area (Å²) in [6.07, 6.45) is 0.0325. The van der Waals surface area contributed by atoms with Crippen LogP contribution in [0.4, 0.5) is 9.18 Å². The monoisotopic (exact) mass is 250 g/mol. The Kier molecular flexibility index (Phi) is 3.36. The summed E-state index contributed by atoms with van der Waals surface area (Å²) < 4.78 is 12.7. The summed E-state index contributed by atoms with van der Waals surface area (Å²) in [6, 6.07) is 4.67. The van der Waals surface area contributed by atoms with Crippen LogP contribution in [0, 0.1) is 5.82 Å². The minimum absolute atomic E-state index is 0.0242. The molecule has 1 aromatic rings. The number of halogens is 1. The Labute approximate surface area is 103 Å². The Hall–Kier alpha value is -2.24. The minimum Gasteiger partial charge on any atom is -0.329 e. The van der Waals surface area contributed by atoms with E-state index in [1.54, 1.807) is 0 Å². The molecule has 1 saturated heterocycles.